The van der Waals surface area contributed by atoms with Gasteiger partial charge in [-0.15, -0.1) is 11.8 Å². The first-order chi connectivity index (χ1) is 17.2. The predicted octanol–water partition coefficient (Wildman–Crippen LogP) is 7.30. The predicted molar refractivity (Wildman–Crippen MR) is 149 cm³/mol. The zero-order valence-electron chi connectivity index (χ0n) is 19.8. The first kappa shape index (κ1) is 25.8. The van der Waals surface area contributed by atoms with E-state index in [1.165, 1.54) is 35.2 Å². The van der Waals surface area contributed by atoms with Gasteiger partial charge in [-0.05, 0) is 73.5 Å². The average molecular weight is 537 g/mol. The number of nitrogens with one attached hydrogen (secondary N) is 2. The third kappa shape index (κ3) is 6.49. The summed E-state index contributed by atoms with van der Waals surface area (Å²) >= 11 is 8.10. The lowest BCUT2D eigenvalue weighted by atomic mass is 10.1. The number of aryl methyl sites for hydroxylation is 2. The number of thioether (sulfide) groups is 1. The Bertz CT molecular complexity index is 1490. The molecular formula is C28H25ClN2O3S2. The molecule has 0 bridgehead atoms. The van der Waals surface area contributed by atoms with Crippen LogP contribution in [0.25, 0.3) is 0 Å². The monoisotopic (exact) mass is 536 g/mol. The lowest BCUT2D eigenvalue weighted by Gasteiger charge is -2.13. The Morgan fingerprint density at radius 1 is 0.889 bits per heavy atom. The summed E-state index contributed by atoms with van der Waals surface area (Å²) in [5.41, 5.74) is 4.26. The van der Waals surface area contributed by atoms with Crippen LogP contribution >= 0.6 is 23.4 Å². The molecule has 0 aliphatic heterocycles. The average Bonchev–Trinajstić information content (AvgIpc) is 2.85. The molecule has 0 atom stereocenters. The molecule has 184 valence electrons. The number of carbonyl (C=O) groups excluding carboxylic acids is 1. The second kappa shape index (κ2) is 11.2. The van der Waals surface area contributed by atoms with Crippen LogP contribution in [0.4, 0.5) is 11.4 Å². The fourth-order valence-electron chi connectivity index (χ4n) is 3.52. The van der Waals surface area contributed by atoms with Crippen LogP contribution in [-0.4, -0.2) is 14.3 Å². The van der Waals surface area contributed by atoms with Crippen molar-refractivity contribution >= 4 is 50.7 Å². The Labute approximate surface area is 221 Å². The minimum atomic E-state index is -3.77. The van der Waals surface area contributed by atoms with Crippen molar-refractivity contribution in [2.75, 3.05) is 10.0 Å². The Kier molecular flexibility index (Phi) is 8.04. The number of rotatable bonds is 8. The van der Waals surface area contributed by atoms with E-state index in [1.54, 1.807) is 23.9 Å². The number of carbonyl (C=O) groups is 1. The summed E-state index contributed by atoms with van der Waals surface area (Å²) in [6, 6.07) is 27.1. The first-order valence-electron chi connectivity index (χ1n) is 11.2. The lowest BCUT2D eigenvalue weighted by Crippen LogP contribution is -2.15. The number of amides is 1. The molecule has 8 heteroatoms. The van der Waals surface area contributed by atoms with E-state index < -0.39 is 10.0 Å². The van der Waals surface area contributed by atoms with E-state index in [9.17, 15) is 13.2 Å². The number of anilines is 2. The van der Waals surface area contributed by atoms with E-state index in [0.717, 1.165) is 22.4 Å². The highest BCUT2D eigenvalue weighted by molar-refractivity contribution is 7.98. The Morgan fingerprint density at radius 2 is 1.61 bits per heavy atom. The first-order valence-corrected chi connectivity index (χ1v) is 14.0. The van der Waals surface area contributed by atoms with Crippen molar-refractivity contribution in [1.29, 1.82) is 0 Å². The molecule has 5 nitrogen and oxygen atoms in total. The maximum atomic E-state index is 12.9. The fraction of sp³-hybridized carbons (Fsp3) is 0.107. The molecule has 1 amide bonds. The van der Waals surface area contributed by atoms with Gasteiger partial charge in [-0.3, -0.25) is 9.52 Å². The number of benzene rings is 4. The van der Waals surface area contributed by atoms with Gasteiger partial charge in [0.2, 0.25) is 0 Å². The quantitative estimate of drug-likeness (QED) is 0.232. The maximum Gasteiger partial charge on any atom is 0.261 e. The summed E-state index contributed by atoms with van der Waals surface area (Å²) in [5.74, 6) is 0.452. The molecule has 0 aliphatic carbocycles. The zero-order valence-corrected chi connectivity index (χ0v) is 22.2. The van der Waals surface area contributed by atoms with Crippen molar-refractivity contribution in [2.45, 2.75) is 29.4 Å². The minimum Gasteiger partial charge on any atom is -0.322 e. The molecule has 0 unspecified atom stereocenters. The van der Waals surface area contributed by atoms with Gasteiger partial charge in [-0.2, -0.15) is 0 Å². The molecule has 4 aromatic rings. The third-order valence-corrected chi connectivity index (χ3v) is 8.28. The molecule has 0 fully saturated rings. The molecule has 0 aromatic heterocycles. The van der Waals surface area contributed by atoms with E-state index in [-0.39, 0.29) is 27.1 Å². The van der Waals surface area contributed by atoms with E-state index >= 15 is 0 Å². The SMILES string of the molecule is Cc1ccc(S(=O)(=O)Nc2ccc(C(=O)Nc3ccc(CSc4ccccc4)cc3C)c(Cl)c2)cc1. The standard InChI is InChI=1S/C28H25ClN2O3S2/c1-19-8-12-24(13-9-19)36(33,34)31-22-11-14-25(26(29)17-22)28(32)30-27-15-10-21(16-20(27)2)18-35-23-6-4-3-5-7-23/h3-17,31H,18H2,1-2H3,(H,30,32). The summed E-state index contributed by atoms with van der Waals surface area (Å²) in [5, 5.41) is 3.04. The molecular weight excluding hydrogens is 512 g/mol. The second-order valence-electron chi connectivity index (χ2n) is 8.32. The highest BCUT2D eigenvalue weighted by Gasteiger charge is 2.17. The molecule has 4 rings (SSSR count). The van der Waals surface area contributed by atoms with Crippen molar-refractivity contribution in [3.63, 3.8) is 0 Å². The van der Waals surface area contributed by atoms with Gasteiger partial charge in [0, 0.05) is 16.3 Å². The molecule has 36 heavy (non-hydrogen) atoms. The third-order valence-electron chi connectivity index (χ3n) is 5.48. The van der Waals surface area contributed by atoms with Crippen LogP contribution in [0.15, 0.2) is 101 Å². The number of hydrogen-bond acceptors (Lipinski definition) is 4. The van der Waals surface area contributed by atoms with Crippen molar-refractivity contribution in [2.24, 2.45) is 0 Å². The molecule has 4 aromatic carbocycles. The van der Waals surface area contributed by atoms with Crippen LogP contribution in [0.3, 0.4) is 0 Å². The van der Waals surface area contributed by atoms with Gasteiger partial charge >= 0.3 is 0 Å². The summed E-state index contributed by atoms with van der Waals surface area (Å²) in [7, 11) is -3.77. The van der Waals surface area contributed by atoms with Crippen molar-refractivity contribution in [3.05, 3.63) is 118 Å². The molecule has 0 spiro atoms. The summed E-state index contributed by atoms with van der Waals surface area (Å²) in [6.07, 6.45) is 0. The normalized spacial score (nSPS) is 11.2. The van der Waals surface area contributed by atoms with E-state index in [2.05, 4.69) is 28.2 Å². The molecule has 0 aliphatic rings. The van der Waals surface area contributed by atoms with Gasteiger partial charge in [0.15, 0.2) is 0 Å². The fourth-order valence-corrected chi connectivity index (χ4v) is 5.70. The Balaban J connectivity index is 1.42. The molecule has 0 saturated carbocycles. The van der Waals surface area contributed by atoms with Crippen LogP contribution in [0.1, 0.15) is 27.0 Å². The number of sulfonamides is 1. The molecule has 0 radical (unpaired) electrons. The van der Waals surface area contributed by atoms with Crippen LogP contribution < -0.4 is 10.0 Å². The lowest BCUT2D eigenvalue weighted by molar-refractivity contribution is 0.102. The van der Waals surface area contributed by atoms with E-state index in [0.29, 0.717) is 5.69 Å². The van der Waals surface area contributed by atoms with Crippen molar-refractivity contribution < 1.29 is 13.2 Å². The zero-order chi connectivity index (χ0) is 25.7. The van der Waals surface area contributed by atoms with Crippen LogP contribution in [0.5, 0.6) is 0 Å². The maximum absolute atomic E-state index is 12.9. The van der Waals surface area contributed by atoms with Gasteiger partial charge in [0.05, 0.1) is 21.2 Å². The molecule has 2 N–H and O–H groups in total. The largest absolute Gasteiger partial charge is 0.322 e. The van der Waals surface area contributed by atoms with Crippen LogP contribution in [0, 0.1) is 13.8 Å². The van der Waals surface area contributed by atoms with Gasteiger partial charge in [-0.1, -0.05) is 59.6 Å². The summed E-state index contributed by atoms with van der Waals surface area (Å²) in [4.78, 5) is 14.2. The smallest absolute Gasteiger partial charge is 0.261 e. The van der Waals surface area contributed by atoms with Crippen molar-refractivity contribution in [1.82, 2.24) is 0 Å². The Morgan fingerprint density at radius 3 is 2.28 bits per heavy atom. The number of hydrogen-bond donors (Lipinski definition) is 2. The number of halogens is 1. The van der Waals surface area contributed by atoms with E-state index in [4.69, 9.17) is 11.6 Å². The molecule has 0 heterocycles. The van der Waals surface area contributed by atoms with Gasteiger partial charge < -0.3 is 5.32 Å². The van der Waals surface area contributed by atoms with Crippen LogP contribution in [0.2, 0.25) is 5.02 Å². The van der Waals surface area contributed by atoms with E-state index in [1.807, 2.05) is 44.2 Å². The minimum absolute atomic E-state index is 0.144. The van der Waals surface area contributed by atoms with Crippen LogP contribution in [-0.2, 0) is 15.8 Å². The highest BCUT2D eigenvalue weighted by Crippen LogP contribution is 2.27. The molecule has 0 saturated heterocycles. The highest BCUT2D eigenvalue weighted by atomic mass is 35.5. The Hall–Kier alpha value is -3.26. The summed E-state index contributed by atoms with van der Waals surface area (Å²) < 4.78 is 27.8. The van der Waals surface area contributed by atoms with Gasteiger partial charge in [0.1, 0.15) is 0 Å². The van der Waals surface area contributed by atoms with Gasteiger partial charge in [0.25, 0.3) is 15.9 Å². The topological polar surface area (TPSA) is 75.3 Å². The van der Waals surface area contributed by atoms with Crippen molar-refractivity contribution in [3.8, 4) is 0 Å². The summed E-state index contributed by atoms with van der Waals surface area (Å²) in [6.45, 7) is 3.82. The van der Waals surface area contributed by atoms with Gasteiger partial charge in [-0.25, -0.2) is 8.42 Å². The second-order valence-corrected chi connectivity index (χ2v) is 11.5.